The van der Waals surface area contributed by atoms with E-state index in [0.717, 1.165) is 27.8 Å². The van der Waals surface area contributed by atoms with Gasteiger partial charge in [0, 0.05) is 16.3 Å². The molecule has 2 rings (SSSR count). The summed E-state index contributed by atoms with van der Waals surface area (Å²) in [5, 5.41) is 4.14. The second-order valence-electron chi connectivity index (χ2n) is 4.48. The standard InChI is InChI=1S/C16H18ClNO2/c1-11(18-13-6-4-12(17)5-7-13)15-10-14(19-2)8-9-16(15)20-3/h4-11,18H,1-3H3. The molecular formula is C16H18ClNO2. The smallest absolute Gasteiger partial charge is 0.124 e. The van der Waals surface area contributed by atoms with Crippen LogP contribution in [0, 0.1) is 0 Å². The van der Waals surface area contributed by atoms with Gasteiger partial charge in [0.15, 0.2) is 0 Å². The molecule has 0 fully saturated rings. The van der Waals surface area contributed by atoms with Gasteiger partial charge in [-0.3, -0.25) is 0 Å². The maximum Gasteiger partial charge on any atom is 0.124 e. The topological polar surface area (TPSA) is 30.5 Å². The Morgan fingerprint density at radius 2 is 1.70 bits per heavy atom. The van der Waals surface area contributed by atoms with E-state index in [9.17, 15) is 0 Å². The van der Waals surface area contributed by atoms with Crippen LogP contribution in [0.4, 0.5) is 5.69 Å². The molecule has 1 atom stereocenters. The third-order valence-electron chi connectivity index (χ3n) is 3.13. The van der Waals surface area contributed by atoms with E-state index in [1.54, 1.807) is 14.2 Å². The van der Waals surface area contributed by atoms with Crippen molar-refractivity contribution in [2.45, 2.75) is 13.0 Å². The summed E-state index contributed by atoms with van der Waals surface area (Å²) in [5.74, 6) is 1.64. The average Bonchev–Trinajstić information content (AvgIpc) is 2.48. The Labute approximate surface area is 124 Å². The van der Waals surface area contributed by atoms with E-state index in [1.807, 2.05) is 42.5 Å². The second kappa shape index (κ2) is 6.53. The SMILES string of the molecule is COc1ccc(OC)c(C(C)Nc2ccc(Cl)cc2)c1. The fourth-order valence-corrected chi connectivity index (χ4v) is 2.18. The van der Waals surface area contributed by atoms with E-state index in [2.05, 4.69) is 12.2 Å². The molecule has 0 aliphatic carbocycles. The molecule has 0 saturated heterocycles. The van der Waals surface area contributed by atoms with Gasteiger partial charge in [0.1, 0.15) is 11.5 Å². The van der Waals surface area contributed by atoms with E-state index in [0.29, 0.717) is 0 Å². The van der Waals surface area contributed by atoms with Crippen LogP contribution in [0.5, 0.6) is 11.5 Å². The van der Waals surface area contributed by atoms with Crippen LogP contribution in [-0.2, 0) is 0 Å². The molecule has 106 valence electrons. The maximum atomic E-state index is 5.89. The Balaban J connectivity index is 2.23. The Kier molecular flexibility index (Phi) is 4.74. The lowest BCUT2D eigenvalue weighted by Gasteiger charge is -2.19. The van der Waals surface area contributed by atoms with Crippen LogP contribution < -0.4 is 14.8 Å². The van der Waals surface area contributed by atoms with Crippen molar-refractivity contribution >= 4 is 17.3 Å². The van der Waals surface area contributed by atoms with E-state index in [1.165, 1.54) is 0 Å². The lowest BCUT2D eigenvalue weighted by Crippen LogP contribution is -2.08. The number of hydrogen-bond acceptors (Lipinski definition) is 3. The van der Waals surface area contributed by atoms with E-state index in [-0.39, 0.29) is 6.04 Å². The van der Waals surface area contributed by atoms with Crippen LogP contribution in [0.1, 0.15) is 18.5 Å². The van der Waals surface area contributed by atoms with Gasteiger partial charge in [-0.05, 0) is 49.4 Å². The van der Waals surface area contributed by atoms with Gasteiger partial charge in [0.05, 0.1) is 20.3 Å². The fraction of sp³-hybridized carbons (Fsp3) is 0.250. The second-order valence-corrected chi connectivity index (χ2v) is 4.92. The molecule has 0 saturated carbocycles. The molecule has 2 aromatic carbocycles. The predicted octanol–water partition coefficient (Wildman–Crippen LogP) is 4.53. The van der Waals surface area contributed by atoms with E-state index in [4.69, 9.17) is 21.1 Å². The van der Waals surface area contributed by atoms with E-state index < -0.39 is 0 Å². The van der Waals surface area contributed by atoms with Crippen LogP contribution in [0.2, 0.25) is 5.02 Å². The number of ether oxygens (including phenoxy) is 2. The number of halogens is 1. The zero-order chi connectivity index (χ0) is 14.5. The third kappa shape index (κ3) is 3.36. The van der Waals surface area contributed by atoms with Crippen molar-refractivity contribution < 1.29 is 9.47 Å². The van der Waals surface area contributed by atoms with Crippen LogP contribution in [0.15, 0.2) is 42.5 Å². The highest BCUT2D eigenvalue weighted by Crippen LogP contribution is 2.31. The first-order chi connectivity index (χ1) is 9.63. The highest BCUT2D eigenvalue weighted by molar-refractivity contribution is 6.30. The molecule has 4 heteroatoms. The normalized spacial score (nSPS) is 11.8. The fourth-order valence-electron chi connectivity index (χ4n) is 2.05. The van der Waals surface area contributed by atoms with Gasteiger partial charge in [-0.15, -0.1) is 0 Å². The molecule has 0 radical (unpaired) electrons. The molecule has 3 nitrogen and oxygen atoms in total. The predicted molar refractivity (Wildman–Crippen MR) is 83.0 cm³/mol. The quantitative estimate of drug-likeness (QED) is 0.878. The van der Waals surface area contributed by atoms with Crippen molar-refractivity contribution in [3.05, 3.63) is 53.1 Å². The van der Waals surface area contributed by atoms with Crippen molar-refractivity contribution in [2.24, 2.45) is 0 Å². The first-order valence-electron chi connectivity index (χ1n) is 6.38. The summed E-state index contributed by atoms with van der Waals surface area (Å²) in [7, 11) is 3.32. The molecule has 0 aromatic heterocycles. The van der Waals surface area contributed by atoms with Gasteiger partial charge in [-0.25, -0.2) is 0 Å². The lowest BCUT2D eigenvalue weighted by molar-refractivity contribution is 0.397. The molecule has 0 heterocycles. The number of nitrogens with one attached hydrogen (secondary N) is 1. The van der Waals surface area contributed by atoms with Gasteiger partial charge in [-0.2, -0.15) is 0 Å². The monoisotopic (exact) mass is 291 g/mol. The minimum absolute atomic E-state index is 0.0845. The van der Waals surface area contributed by atoms with Gasteiger partial charge < -0.3 is 14.8 Å². The number of benzene rings is 2. The van der Waals surface area contributed by atoms with Crippen molar-refractivity contribution in [3.8, 4) is 11.5 Å². The minimum atomic E-state index is 0.0845. The lowest BCUT2D eigenvalue weighted by atomic mass is 10.1. The summed E-state index contributed by atoms with van der Waals surface area (Å²) in [6.07, 6.45) is 0. The third-order valence-corrected chi connectivity index (χ3v) is 3.38. The summed E-state index contributed by atoms with van der Waals surface area (Å²) in [6.45, 7) is 2.08. The zero-order valence-electron chi connectivity index (χ0n) is 11.8. The Morgan fingerprint density at radius 1 is 1.00 bits per heavy atom. The zero-order valence-corrected chi connectivity index (χ0v) is 12.6. The molecule has 0 bridgehead atoms. The van der Waals surface area contributed by atoms with Crippen molar-refractivity contribution in [2.75, 3.05) is 19.5 Å². The number of hydrogen-bond donors (Lipinski definition) is 1. The highest BCUT2D eigenvalue weighted by atomic mass is 35.5. The Morgan fingerprint density at radius 3 is 2.30 bits per heavy atom. The van der Waals surface area contributed by atoms with Gasteiger partial charge >= 0.3 is 0 Å². The molecular weight excluding hydrogens is 274 g/mol. The van der Waals surface area contributed by atoms with Crippen molar-refractivity contribution in [3.63, 3.8) is 0 Å². The number of rotatable bonds is 5. The van der Waals surface area contributed by atoms with Gasteiger partial charge in [0.25, 0.3) is 0 Å². The molecule has 1 N–H and O–H groups in total. The largest absolute Gasteiger partial charge is 0.497 e. The Hall–Kier alpha value is -1.87. The van der Waals surface area contributed by atoms with Crippen LogP contribution >= 0.6 is 11.6 Å². The van der Waals surface area contributed by atoms with E-state index >= 15 is 0 Å². The molecule has 20 heavy (non-hydrogen) atoms. The first-order valence-corrected chi connectivity index (χ1v) is 6.76. The number of methoxy groups -OCH3 is 2. The average molecular weight is 292 g/mol. The van der Waals surface area contributed by atoms with Crippen LogP contribution in [-0.4, -0.2) is 14.2 Å². The number of anilines is 1. The summed E-state index contributed by atoms with van der Waals surface area (Å²) >= 11 is 5.89. The summed E-state index contributed by atoms with van der Waals surface area (Å²) in [5.41, 5.74) is 2.05. The van der Waals surface area contributed by atoms with Crippen LogP contribution in [0.3, 0.4) is 0 Å². The molecule has 0 aliphatic rings. The van der Waals surface area contributed by atoms with Crippen molar-refractivity contribution in [1.82, 2.24) is 0 Å². The molecule has 1 unspecified atom stereocenters. The summed E-state index contributed by atoms with van der Waals surface area (Å²) in [4.78, 5) is 0. The molecule has 0 spiro atoms. The van der Waals surface area contributed by atoms with Crippen molar-refractivity contribution in [1.29, 1.82) is 0 Å². The Bertz CT molecular complexity index is 569. The summed E-state index contributed by atoms with van der Waals surface area (Å²) in [6, 6.07) is 13.5. The molecule has 0 aliphatic heterocycles. The van der Waals surface area contributed by atoms with Gasteiger partial charge in [0.2, 0.25) is 0 Å². The van der Waals surface area contributed by atoms with Gasteiger partial charge in [-0.1, -0.05) is 11.6 Å². The molecule has 0 amide bonds. The maximum absolute atomic E-state index is 5.89. The van der Waals surface area contributed by atoms with Crippen LogP contribution in [0.25, 0.3) is 0 Å². The molecule has 2 aromatic rings. The summed E-state index contributed by atoms with van der Waals surface area (Å²) < 4.78 is 10.7. The highest BCUT2D eigenvalue weighted by Gasteiger charge is 2.12. The minimum Gasteiger partial charge on any atom is -0.497 e. The first kappa shape index (κ1) is 14.5.